The molecular formula is C23H26N2O2. The van der Waals surface area contributed by atoms with Crippen molar-refractivity contribution in [2.24, 2.45) is 0 Å². The Bertz CT molecular complexity index is 965. The molecule has 4 rings (SSSR count). The highest BCUT2D eigenvalue weighted by molar-refractivity contribution is 5.97. The van der Waals surface area contributed by atoms with E-state index in [1.54, 1.807) is 6.07 Å². The first kappa shape index (κ1) is 17.7. The van der Waals surface area contributed by atoms with Gasteiger partial charge in [-0.3, -0.25) is 4.79 Å². The van der Waals surface area contributed by atoms with E-state index in [2.05, 4.69) is 43.2 Å². The van der Waals surface area contributed by atoms with Crippen molar-refractivity contribution in [1.29, 1.82) is 0 Å². The number of nitrogens with one attached hydrogen (secondary N) is 1. The van der Waals surface area contributed by atoms with Crippen molar-refractivity contribution >= 4 is 16.8 Å². The summed E-state index contributed by atoms with van der Waals surface area (Å²) in [7, 11) is 0. The van der Waals surface area contributed by atoms with E-state index >= 15 is 0 Å². The molecule has 0 aliphatic carbocycles. The first-order chi connectivity index (χ1) is 13.0. The van der Waals surface area contributed by atoms with Gasteiger partial charge >= 0.3 is 0 Å². The number of likely N-dealkylation sites (tertiary alicyclic amines) is 1. The molecule has 1 aliphatic heterocycles. The van der Waals surface area contributed by atoms with Crippen molar-refractivity contribution in [1.82, 2.24) is 9.88 Å². The molecule has 1 fully saturated rings. The number of benzene rings is 2. The van der Waals surface area contributed by atoms with Crippen molar-refractivity contribution in [3.8, 4) is 5.75 Å². The SMILES string of the molecule is CC(C)c1ccc(O)c(C(=O)N2CCC(c3c[nH]c4ccccc34)CC2)c1. The number of hydrogen-bond acceptors (Lipinski definition) is 2. The molecule has 0 bridgehead atoms. The molecule has 2 heterocycles. The summed E-state index contributed by atoms with van der Waals surface area (Å²) in [5, 5.41) is 11.5. The van der Waals surface area contributed by atoms with E-state index in [1.807, 2.05) is 23.1 Å². The Kier molecular flexibility index (Phi) is 4.65. The molecule has 0 unspecified atom stereocenters. The molecule has 1 aliphatic rings. The minimum absolute atomic E-state index is 0.0626. The maximum Gasteiger partial charge on any atom is 0.257 e. The number of fused-ring (bicyclic) bond motifs is 1. The van der Waals surface area contributed by atoms with Gasteiger partial charge in [0.1, 0.15) is 5.75 Å². The highest BCUT2D eigenvalue weighted by Gasteiger charge is 2.27. The summed E-state index contributed by atoms with van der Waals surface area (Å²) in [6.07, 6.45) is 4.00. The minimum Gasteiger partial charge on any atom is -0.507 e. The van der Waals surface area contributed by atoms with E-state index in [-0.39, 0.29) is 11.7 Å². The van der Waals surface area contributed by atoms with E-state index < -0.39 is 0 Å². The number of aromatic nitrogens is 1. The average molecular weight is 362 g/mol. The van der Waals surface area contributed by atoms with Crippen LogP contribution in [0, 0.1) is 0 Å². The molecular weight excluding hydrogens is 336 g/mol. The molecule has 0 spiro atoms. The Morgan fingerprint density at radius 1 is 1.15 bits per heavy atom. The zero-order valence-corrected chi connectivity index (χ0v) is 15.9. The monoisotopic (exact) mass is 362 g/mol. The van der Waals surface area contributed by atoms with Crippen LogP contribution in [-0.4, -0.2) is 34.0 Å². The number of aromatic hydroxyl groups is 1. The van der Waals surface area contributed by atoms with Gasteiger partial charge in [-0.1, -0.05) is 38.1 Å². The summed E-state index contributed by atoms with van der Waals surface area (Å²) in [5.74, 6) is 0.793. The summed E-state index contributed by atoms with van der Waals surface area (Å²) >= 11 is 0. The van der Waals surface area contributed by atoms with Gasteiger partial charge < -0.3 is 15.0 Å². The van der Waals surface area contributed by atoms with Crippen LogP contribution in [0.25, 0.3) is 10.9 Å². The van der Waals surface area contributed by atoms with E-state index in [4.69, 9.17) is 0 Å². The second-order valence-electron chi connectivity index (χ2n) is 7.79. The fraction of sp³-hybridized carbons (Fsp3) is 0.348. The Balaban J connectivity index is 1.49. The Morgan fingerprint density at radius 3 is 2.63 bits per heavy atom. The largest absolute Gasteiger partial charge is 0.507 e. The predicted octanol–water partition coefficient (Wildman–Crippen LogP) is 5.02. The molecule has 140 valence electrons. The minimum atomic E-state index is -0.0626. The number of phenols is 1. The summed E-state index contributed by atoms with van der Waals surface area (Å²) in [4.78, 5) is 18.2. The summed E-state index contributed by atoms with van der Waals surface area (Å²) < 4.78 is 0. The molecule has 1 saturated heterocycles. The van der Waals surface area contributed by atoms with Gasteiger partial charge in [-0.25, -0.2) is 0 Å². The third kappa shape index (κ3) is 3.32. The second kappa shape index (κ2) is 7.10. The van der Waals surface area contributed by atoms with Crippen LogP contribution < -0.4 is 0 Å². The first-order valence-electron chi connectivity index (χ1n) is 9.73. The third-order valence-electron chi connectivity index (χ3n) is 5.76. The van der Waals surface area contributed by atoms with Gasteiger partial charge in [-0.2, -0.15) is 0 Å². The zero-order chi connectivity index (χ0) is 19.0. The molecule has 4 nitrogen and oxygen atoms in total. The van der Waals surface area contributed by atoms with E-state index in [0.717, 1.165) is 18.4 Å². The summed E-state index contributed by atoms with van der Waals surface area (Å²) in [5.41, 5.74) is 4.01. The molecule has 1 aromatic heterocycles. The van der Waals surface area contributed by atoms with Gasteiger partial charge in [-0.15, -0.1) is 0 Å². The average Bonchev–Trinajstić information content (AvgIpc) is 3.12. The van der Waals surface area contributed by atoms with Crippen LogP contribution in [0.5, 0.6) is 5.75 Å². The predicted molar refractivity (Wildman–Crippen MR) is 108 cm³/mol. The molecule has 1 amide bonds. The summed E-state index contributed by atoms with van der Waals surface area (Å²) in [6.45, 7) is 5.61. The van der Waals surface area contributed by atoms with Crippen LogP contribution in [-0.2, 0) is 0 Å². The molecule has 0 saturated carbocycles. The van der Waals surface area contributed by atoms with Crippen molar-refractivity contribution in [2.45, 2.75) is 38.5 Å². The second-order valence-corrected chi connectivity index (χ2v) is 7.79. The van der Waals surface area contributed by atoms with Crippen molar-refractivity contribution in [3.05, 3.63) is 65.4 Å². The van der Waals surface area contributed by atoms with Gasteiger partial charge in [-0.05, 0) is 54.0 Å². The number of piperidine rings is 1. The lowest BCUT2D eigenvalue weighted by atomic mass is 9.89. The Labute approximate surface area is 159 Å². The quantitative estimate of drug-likeness (QED) is 0.687. The highest BCUT2D eigenvalue weighted by atomic mass is 16.3. The number of aromatic amines is 1. The van der Waals surface area contributed by atoms with E-state index in [1.165, 1.54) is 16.5 Å². The van der Waals surface area contributed by atoms with Gasteiger partial charge in [0, 0.05) is 30.2 Å². The van der Waals surface area contributed by atoms with Gasteiger partial charge in [0.05, 0.1) is 5.56 Å². The lowest BCUT2D eigenvalue weighted by Crippen LogP contribution is -2.38. The van der Waals surface area contributed by atoms with Crippen molar-refractivity contribution in [3.63, 3.8) is 0 Å². The smallest absolute Gasteiger partial charge is 0.257 e. The number of carbonyl (C=O) groups is 1. The maximum atomic E-state index is 13.0. The fourth-order valence-electron chi connectivity index (χ4n) is 4.08. The number of hydrogen-bond donors (Lipinski definition) is 2. The van der Waals surface area contributed by atoms with Crippen LogP contribution in [0.15, 0.2) is 48.7 Å². The number of phenolic OH excluding ortho intramolecular Hbond substituents is 1. The lowest BCUT2D eigenvalue weighted by Gasteiger charge is -2.32. The van der Waals surface area contributed by atoms with E-state index in [9.17, 15) is 9.90 Å². The third-order valence-corrected chi connectivity index (χ3v) is 5.76. The molecule has 2 aromatic carbocycles. The topological polar surface area (TPSA) is 56.3 Å². The van der Waals surface area contributed by atoms with Crippen LogP contribution in [0.4, 0.5) is 0 Å². The molecule has 2 N–H and O–H groups in total. The Hall–Kier alpha value is -2.75. The van der Waals surface area contributed by atoms with Crippen molar-refractivity contribution in [2.75, 3.05) is 13.1 Å². The maximum absolute atomic E-state index is 13.0. The van der Waals surface area contributed by atoms with E-state index in [0.29, 0.717) is 30.5 Å². The van der Waals surface area contributed by atoms with Crippen LogP contribution in [0.2, 0.25) is 0 Å². The Morgan fingerprint density at radius 2 is 1.89 bits per heavy atom. The molecule has 3 aromatic rings. The number of carbonyl (C=O) groups excluding carboxylic acids is 1. The number of rotatable bonds is 3. The van der Waals surface area contributed by atoms with Crippen LogP contribution in [0.1, 0.15) is 60.0 Å². The standard InChI is InChI=1S/C23H26N2O2/c1-15(2)17-7-8-22(26)19(13-17)23(27)25-11-9-16(10-12-25)20-14-24-21-6-4-3-5-18(20)21/h3-8,13-16,24,26H,9-12H2,1-2H3. The summed E-state index contributed by atoms with van der Waals surface area (Å²) in [6, 6.07) is 13.7. The lowest BCUT2D eigenvalue weighted by molar-refractivity contribution is 0.0710. The molecule has 0 radical (unpaired) electrons. The van der Waals surface area contributed by atoms with Gasteiger partial charge in [0.25, 0.3) is 5.91 Å². The molecule has 27 heavy (non-hydrogen) atoms. The van der Waals surface area contributed by atoms with Crippen molar-refractivity contribution < 1.29 is 9.90 Å². The normalized spacial score (nSPS) is 15.6. The highest BCUT2D eigenvalue weighted by Crippen LogP contribution is 2.34. The number of H-pyrrole nitrogens is 1. The fourth-order valence-corrected chi connectivity index (χ4v) is 4.08. The molecule has 0 atom stereocenters. The van der Waals surface area contributed by atoms with Crippen LogP contribution >= 0.6 is 0 Å². The van der Waals surface area contributed by atoms with Gasteiger partial charge in [0.2, 0.25) is 0 Å². The number of nitrogens with zero attached hydrogens (tertiary/aromatic N) is 1. The first-order valence-corrected chi connectivity index (χ1v) is 9.73. The number of para-hydroxylation sites is 1. The number of amides is 1. The molecule has 4 heteroatoms. The zero-order valence-electron chi connectivity index (χ0n) is 15.9. The van der Waals surface area contributed by atoms with Gasteiger partial charge in [0.15, 0.2) is 0 Å². The van der Waals surface area contributed by atoms with Crippen LogP contribution in [0.3, 0.4) is 0 Å².